The van der Waals surface area contributed by atoms with Crippen molar-refractivity contribution in [3.8, 4) is 0 Å². The molecule has 0 aliphatic heterocycles. The van der Waals surface area contributed by atoms with Crippen LogP contribution in [0.1, 0.15) is 10.5 Å². The van der Waals surface area contributed by atoms with Crippen molar-refractivity contribution in [1.29, 1.82) is 0 Å². The average Bonchev–Trinajstić information content (AvgIpc) is 2.41. The maximum atomic E-state index is 11.9. The number of amides is 1. The molecular weight excluding hydrogens is 298 g/mol. The fourth-order valence-electron chi connectivity index (χ4n) is 1.26. The van der Waals surface area contributed by atoms with Crippen LogP contribution in [0.25, 0.3) is 0 Å². The third-order valence-electron chi connectivity index (χ3n) is 2.10. The summed E-state index contributed by atoms with van der Waals surface area (Å²) in [7, 11) is 1.74. The number of carbonyl (C=O) groups is 1. The summed E-state index contributed by atoms with van der Waals surface area (Å²) in [5.74, 6) is 0.674. The molecule has 0 aromatic carbocycles. The van der Waals surface area contributed by atoms with E-state index in [9.17, 15) is 4.79 Å². The Bertz CT molecular complexity index is 558. The molecule has 6 nitrogen and oxygen atoms in total. The van der Waals surface area contributed by atoms with E-state index in [4.69, 9.17) is 0 Å². The molecule has 2 aromatic rings. The summed E-state index contributed by atoms with van der Waals surface area (Å²) in [5, 5.41) is 5.48. The van der Waals surface area contributed by atoms with Gasteiger partial charge in [-0.1, -0.05) is 6.07 Å². The molecule has 0 fully saturated rings. The first-order chi connectivity index (χ1) is 8.69. The van der Waals surface area contributed by atoms with Crippen LogP contribution in [0.3, 0.4) is 0 Å². The first kappa shape index (κ1) is 12.4. The van der Waals surface area contributed by atoms with E-state index in [2.05, 4.69) is 41.5 Å². The van der Waals surface area contributed by atoms with Crippen LogP contribution in [-0.2, 0) is 0 Å². The van der Waals surface area contributed by atoms with Crippen molar-refractivity contribution in [3.05, 3.63) is 40.9 Å². The van der Waals surface area contributed by atoms with E-state index in [0.29, 0.717) is 21.9 Å². The van der Waals surface area contributed by atoms with Gasteiger partial charge in [0.25, 0.3) is 5.91 Å². The minimum Gasteiger partial charge on any atom is -0.373 e. The lowest BCUT2D eigenvalue weighted by Crippen LogP contribution is -2.15. The van der Waals surface area contributed by atoms with Gasteiger partial charge in [0.15, 0.2) is 5.82 Å². The maximum Gasteiger partial charge on any atom is 0.275 e. The quantitative estimate of drug-likeness (QED) is 0.905. The van der Waals surface area contributed by atoms with Gasteiger partial charge in [-0.25, -0.2) is 15.0 Å². The fraction of sp³-hybridized carbons (Fsp3) is 0.0909. The highest BCUT2D eigenvalue weighted by atomic mass is 79.9. The Morgan fingerprint density at radius 2 is 2.06 bits per heavy atom. The van der Waals surface area contributed by atoms with Crippen molar-refractivity contribution in [2.45, 2.75) is 0 Å². The van der Waals surface area contributed by atoms with Gasteiger partial charge in [0, 0.05) is 7.05 Å². The SMILES string of the molecule is CNc1cccc(C(=O)Nc2cnc(Br)cn2)n1. The molecule has 2 rings (SSSR count). The minimum absolute atomic E-state index is 0.312. The van der Waals surface area contributed by atoms with Crippen molar-refractivity contribution in [3.63, 3.8) is 0 Å². The molecule has 2 N–H and O–H groups in total. The van der Waals surface area contributed by atoms with Crippen molar-refractivity contribution in [2.75, 3.05) is 17.7 Å². The monoisotopic (exact) mass is 307 g/mol. The molecule has 0 aliphatic rings. The summed E-state index contributed by atoms with van der Waals surface area (Å²) in [5.41, 5.74) is 0.312. The van der Waals surface area contributed by atoms with Crippen LogP contribution in [0.5, 0.6) is 0 Å². The smallest absolute Gasteiger partial charge is 0.275 e. The lowest BCUT2D eigenvalue weighted by molar-refractivity contribution is 0.102. The molecular formula is C11H10BrN5O. The summed E-state index contributed by atoms with van der Waals surface area (Å²) in [4.78, 5) is 24.0. The number of anilines is 2. The predicted molar refractivity (Wildman–Crippen MR) is 71.5 cm³/mol. The Morgan fingerprint density at radius 1 is 1.22 bits per heavy atom. The third-order valence-corrected chi connectivity index (χ3v) is 2.51. The Kier molecular flexibility index (Phi) is 3.83. The first-order valence-corrected chi connectivity index (χ1v) is 5.92. The van der Waals surface area contributed by atoms with Crippen LogP contribution in [0, 0.1) is 0 Å². The van der Waals surface area contributed by atoms with Crippen LogP contribution in [0.15, 0.2) is 35.2 Å². The summed E-state index contributed by atoms with van der Waals surface area (Å²) in [6, 6.07) is 5.15. The van der Waals surface area contributed by atoms with Crippen LogP contribution in [0.2, 0.25) is 0 Å². The van der Waals surface area contributed by atoms with Crippen LogP contribution in [0.4, 0.5) is 11.6 Å². The highest BCUT2D eigenvalue weighted by Gasteiger charge is 2.08. The molecule has 0 atom stereocenters. The van der Waals surface area contributed by atoms with Gasteiger partial charge in [-0.2, -0.15) is 0 Å². The molecule has 0 radical (unpaired) electrons. The van der Waals surface area contributed by atoms with E-state index in [1.54, 1.807) is 25.2 Å². The number of aromatic nitrogens is 3. The van der Waals surface area contributed by atoms with Gasteiger partial charge in [-0.15, -0.1) is 0 Å². The molecule has 92 valence electrons. The molecule has 0 bridgehead atoms. The van der Waals surface area contributed by atoms with E-state index < -0.39 is 0 Å². The van der Waals surface area contributed by atoms with Gasteiger partial charge >= 0.3 is 0 Å². The van der Waals surface area contributed by atoms with Gasteiger partial charge in [0.2, 0.25) is 0 Å². The molecule has 0 unspecified atom stereocenters. The number of nitrogens with one attached hydrogen (secondary N) is 2. The van der Waals surface area contributed by atoms with E-state index >= 15 is 0 Å². The number of pyridine rings is 1. The second-order valence-electron chi connectivity index (χ2n) is 3.34. The van der Waals surface area contributed by atoms with E-state index in [1.807, 2.05) is 0 Å². The molecule has 7 heteroatoms. The van der Waals surface area contributed by atoms with Crippen molar-refractivity contribution in [1.82, 2.24) is 15.0 Å². The number of carbonyl (C=O) groups excluding carboxylic acids is 1. The summed E-state index contributed by atoms with van der Waals surface area (Å²) in [6.45, 7) is 0. The normalized spacial score (nSPS) is 9.89. The highest BCUT2D eigenvalue weighted by molar-refractivity contribution is 9.10. The lowest BCUT2D eigenvalue weighted by atomic mass is 10.3. The lowest BCUT2D eigenvalue weighted by Gasteiger charge is -2.05. The molecule has 0 spiro atoms. The number of hydrogen-bond acceptors (Lipinski definition) is 5. The van der Waals surface area contributed by atoms with Gasteiger partial charge in [-0.05, 0) is 28.1 Å². The second-order valence-corrected chi connectivity index (χ2v) is 4.15. The summed E-state index contributed by atoms with van der Waals surface area (Å²) in [6.07, 6.45) is 2.97. The fourth-order valence-corrected chi connectivity index (χ4v) is 1.46. The Balaban J connectivity index is 2.14. The largest absolute Gasteiger partial charge is 0.373 e. The molecule has 1 amide bonds. The average molecular weight is 308 g/mol. The summed E-state index contributed by atoms with van der Waals surface area (Å²) < 4.78 is 0.607. The summed E-state index contributed by atoms with van der Waals surface area (Å²) >= 11 is 3.17. The zero-order valence-corrected chi connectivity index (χ0v) is 11.1. The highest BCUT2D eigenvalue weighted by Crippen LogP contribution is 2.09. The molecule has 0 saturated carbocycles. The predicted octanol–water partition coefficient (Wildman–Crippen LogP) is 1.93. The Hall–Kier alpha value is -2.02. The first-order valence-electron chi connectivity index (χ1n) is 5.13. The van der Waals surface area contributed by atoms with Crippen molar-refractivity contribution < 1.29 is 4.79 Å². The number of halogens is 1. The minimum atomic E-state index is -0.330. The van der Waals surface area contributed by atoms with Gasteiger partial charge in [0.05, 0.1) is 12.4 Å². The van der Waals surface area contributed by atoms with E-state index in [1.165, 1.54) is 12.4 Å². The van der Waals surface area contributed by atoms with E-state index in [0.717, 1.165) is 0 Å². The van der Waals surface area contributed by atoms with Crippen LogP contribution in [-0.4, -0.2) is 27.9 Å². The number of nitrogens with zero attached hydrogens (tertiary/aromatic N) is 3. The zero-order chi connectivity index (χ0) is 13.0. The topological polar surface area (TPSA) is 79.8 Å². The Morgan fingerprint density at radius 3 is 2.72 bits per heavy atom. The molecule has 0 aliphatic carbocycles. The molecule has 18 heavy (non-hydrogen) atoms. The van der Waals surface area contributed by atoms with Crippen LogP contribution >= 0.6 is 15.9 Å². The maximum absolute atomic E-state index is 11.9. The molecule has 0 saturated heterocycles. The Labute approximate surface area is 112 Å². The molecule has 2 heterocycles. The zero-order valence-electron chi connectivity index (χ0n) is 9.51. The third kappa shape index (κ3) is 3.01. The standard InChI is InChI=1S/C11H10BrN5O/c1-13-9-4-2-3-7(16-9)11(18)17-10-6-14-8(12)5-15-10/h2-6H,1H3,(H,13,16)(H,15,17,18). The van der Waals surface area contributed by atoms with Crippen molar-refractivity contribution >= 4 is 33.5 Å². The van der Waals surface area contributed by atoms with Gasteiger partial charge in [-0.3, -0.25) is 4.79 Å². The molecule has 2 aromatic heterocycles. The van der Waals surface area contributed by atoms with Gasteiger partial charge < -0.3 is 10.6 Å². The van der Waals surface area contributed by atoms with Gasteiger partial charge in [0.1, 0.15) is 16.1 Å². The van der Waals surface area contributed by atoms with Crippen LogP contribution < -0.4 is 10.6 Å². The number of hydrogen-bond donors (Lipinski definition) is 2. The number of rotatable bonds is 3. The van der Waals surface area contributed by atoms with E-state index in [-0.39, 0.29) is 5.91 Å². The van der Waals surface area contributed by atoms with Crippen molar-refractivity contribution in [2.24, 2.45) is 0 Å². The second kappa shape index (κ2) is 5.54.